The van der Waals surface area contributed by atoms with Gasteiger partial charge in [-0.05, 0) is 31.0 Å². The maximum absolute atomic E-state index is 5.14. The van der Waals surface area contributed by atoms with Crippen molar-refractivity contribution in [1.29, 1.82) is 0 Å². The van der Waals surface area contributed by atoms with Crippen molar-refractivity contribution in [3.8, 4) is 5.75 Å². The van der Waals surface area contributed by atoms with Gasteiger partial charge in [0.25, 0.3) is 0 Å². The Morgan fingerprint density at radius 2 is 2.00 bits per heavy atom. The molecule has 0 aliphatic heterocycles. The summed E-state index contributed by atoms with van der Waals surface area (Å²) in [6.07, 6.45) is 3.10. The zero-order chi connectivity index (χ0) is 13.7. The fraction of sp³-hybridized carbons (Fsp3) is 0.400. The number of aromatic nitrogens is 2. The first kappa shape index (κ1) is 13.5. The lowest BCUT2D eigenvalue weighted by Crippen LogP contribution is -2.06. The van der Waals surface area contributed by atoms with Crippen LogP contribution in [0.3, 0.4) is 0 Å². The Morgan fingerprint density at radius 1 is 1.26 bits per heavy atom. The molecule has 0 bridgehead atoms. The molecule has 0 radical (unpaired) electrons. The Kier molecular flexibility index (Phi) is 4.44. The van der Waals surface area contributed by atoms with Gasteiger partial charge in [-0.1, -0.05) is 19.1 Å². The molecule has 19 heavy (non-hydrogen) atoms. The molecule has 2 aromatic rings. The van der Waals surface area contributed by atoms with E-state index in [1.807, 2.05) is 29.1 Å². The normalized spacial score (nSPS) is 12.2. The molecule has 0 saturated carbocycles. The summed E-state index contributed by atoms with van der Waals surface area (Å²) in [5.74, 6) is 1.79. The van der Waals surface area contributed by atoms with Crippen LogP contribution in [0.25, 0.3) is 0 Å². The molecule has 0 unspecified atom stereocenters. The Balaban J connectivity index is 1.92. The second kappa shape index (κ2) is 6.27. The van der Waals surface area contributed by atoms with Crippen molar-refractivity contribution >= 4 is 5.82 Å². The lowest BCUT2D eigenvalue weighted by atomic mass is 10.2. The highest BCUT2D eigenvalue weighted by molar-refractivity contribution is 5.35. The minimum absolute atomic E-state index is 0.441. The van der Waals surface area contributed by atoms with E-state index < -0.39 is 0 Å². The van der Waals surface area contributed by atoms with E-state index in [0.717, 1.165) is 24.5 Å². The molecule has 0 fully saturated rings. The van der Waals surface area contributed by atoms with Crippen LogP contribution >= 0.6 is 0 Å². The van der Waals surface area contributed by atoms with Crippen LogP contribution in [0.15, 0.2) is 36.5 Å². The molecular weight excluding hydrogens is 238 g/mol. The largest absolute Gasteiger partial charge is 0.497 e. The van der Waals surface area contributed by atoms with E-state index in [2.05, 4.69) is 36.4 Å². The van der Waals surface area contributed by atoms with Crippen LogP contribution in [0, 0.1) is 0 Å². The quantitative estimate of drug-likeness (QED) is 0.863. The second-order valence-electron chi connectivity index (χ2n) is 4.64. The number of methoxy groups -OCH3 is 1. The average Bonchev–Trinajstić information content (AvgIpc) is 2.93. The van der Waals surface area contributed by atoms with E-state index in [0.29, 0.717) is 6.04 Å². The molecule has 0 spiro atoms. The SMILES string of the molecule is CC[C@H](C)n1ccc(NCc2ccc(OC)cc2)n1. The first-order valence-electron chi connectivity index (χ1n) is 6.65. The third kappa shape index (κ3) is 3.50. The van der Waals surface area contributed by atoms with Gasteiger partial charge in [-0.15, -0.1) is 0 Å². The van der Waals surface area contributed by atoms with Gasteiger partial charge in [-0.3, -0.25) is 4.68 Å². The molecule has 1 aromatic heterocycles. The summed E-state index contributed by atoms with van der Waals surface area (Å²) in [7, 11) is 1.68. The van der Waals surface area contributed by atoms with Crippen molar-refractivity contribution in [2.75, 3.05) is 12.4 Å². The minimum Gasteiger partial charge on any atom is -0.497 e. The first-order valence-corrected chi connectivity index (χ1v) is 6.65. The molecule has 1 heterocycles. The van der Waals surface area contributed by atoms with Gasteiger partial charge in [0.1, 0.15) is 11.6 Å². The zero-order valence-electron chi connectivity index (χ0n) is 11.8. The van der Waals surface area contributed by atoms with E-state index in [4.69, 9.17) is 4.74 Å². The van der Waals surface area contributed by atoms with Gasteiger partial charge in [0.2, 0.25) is 0 Å². The standard InChI is InChI=1S/C15H21N3O/c1-4-12(2)18-10-9-15(17-18)16-11-13-5-7-14(19-3)8-6-13/h5-10,12H,4,11H2,1-3H3,(H,16,17)/t12-/m0/s1. The molecular formula is C15H21N3O. The van der Waals surface area contributed by atoms with Crippen LogP contribution in [0.1, 0.15) is 31.9 Å². The predicted molar refractivity (Wildman–Crippen MR) is 77.5 cm³/mol. The third-order valence-corrected chi connectivity index (χ3v) is 3.28. The minimum atomic E-state index is 0.441. The zero-order valence-corrected chi connectivity index (χ0v) is 11.8. The summed E-state index contributed by atoms with van der Waals surface area (Å²) in [6, 6.07) is 10.5. The van der Waals surface area contributed by atoms with Gasteiger partial charge < -0.3 is 10.1 Å². The molecule has 0 aliphatic carbocycles. The van der Waals surface area contributed by atoms with Crippen molar-refractivity contribution in [2.45, 2.75) is 32.9 Å². The lowest BCUT2D eigenvalue weighted by Gasteiger charge is -2.08. The number of anilines is 1. The van der Waals surface area contributed by atoms with Crippen LogP contribution in [-0.2, 0) is 6.54 Å². The van der Waals surface area contributed by atoms with E-state index in [9.17, 15) is 0 Å². The summed E-state index contributed by atoms with van der Waals surface area (Å²) in [5.41, 5.74) is 1.21. The second-order valence-corrected chi connectivity index (χ2v) is 4.64. The number of nitrogens with zero attached hydrogens (tertiary/aromatic N) is 2. The van der Waals surface area contributed by atoms with E-state index in [-0.39, 0.29) is 0 Å². The number of ether oxygens (including phenoxy) is 1. The van der Waals surface area contributed by atoms with E-state index >= 15 is 0 Å². The molecule has 1 atom stereocenters. The fourth-order valence-electron chi connectivity index (χ4n) is 1.80. The molecule has 1 aromatic carbocycles. The topological polar surface area (TPSA) is 39.1 Å². The monoisotopic (exact) mass is 259 g/mol. The molecule has 0 aliphatic rings. The van der Waals surface area contributed by atoms with Gasteiger partial charge in [0.05, 0.1) is 7.11 Å². The highest BCUT2D eigenvalue weighted by Gasteiger charge is 2.04. The lowest BCUT2D eigenvalue weighted by molar-refractivity contribution is 0.414. The number of benzene rings is 1. The summed E-state index contributed by atoms with van der Waals surface area (Å²) >= 11 is 0. The third-order valence-electron chi connectivity index (χ3n) is 3.28. The highest BCUT2D eigenvalue weighted by Crippen LogP contribution is 2.14. The molecule has 102 valence electrons. The van der Waals surface area contributed by atoms with Crippen molar-refractivity contribution in [2.24, 2.45) is 0 Å². The van der Waals surface area contributed by atoms with Gasteiger partial charge in [-0.2, -0.15) is 5.10 Å². The van der Waals surface area contributed by atoms with Crippen molar-refractivity contribution in [3.63, 3.8) is 0 Å². The van der Waals surface area contributed by atoms with Crippen molar-refractivity contribution in [1.82, 2.24) is 9.78 Å². The smallest absolute Gasteiger partial charge is 0.148 e. The van der Waals surface area contributed by atoms with Gasteiger partial charge in [-0.25, -0.2) is 0 Å². The molecule has 4 heteroatoms. The number of nitrogens with one attached hydrogen (secondary N) is 1. The predicted octanol–water partition coefficient (Wildman–Crippen LogP) is 3.47. The molecule has 2 rings (SSSR count). The maximum Gasteiger partial charge on any atom is 0.148 e. The average molecular weight is 259 g/mol. The van der Waals surface area contributed by atoms with E-state index in [1.54, 1.807) is 7.11 Å². The van der Waals surface area contributed by atoms with Crippen LogP contribution in [-0.4, -0.2) is 16.9 Å². The Bertz CT molecular complexity index is 504. The molecule has 0 amide bonds. The number of rotatable bonds is 6. The van der Waals surface area contributed by atoms with Gasteiger partial charge in [0, 0.05) is 24.8 Å². The summed E-state index contributed by atoms with van der Waals surface area (Å²) in [6.45, 7) is 5.10. The molecule has 4 nitrogen and oxygen atoms in total. The van der Waals surface area contributed by atoms with Crippen LogP contribution in [0.5, 0.6) is 5.75 Å². The first-order chi connectivity index (χ1) is 9.22. The van der Waals surface area contributed by atoms with Crippen LogP contribution in [0.2, 0.25) is 0 Å². The van der Waals surface area contributed by atoms with Crippen LogP contribution < -0.4 is 10.1 Å². The van der Waals surface area contributed by atoms with Crippen molar-refractivity contribution < 1.29 is 4.74 Å². The van der Waals surface area contributed by atoms with Gasteiger partial charge in [0.15, 0.2) is 0 Å². The fourth-order valence-corrected chi connectivity index (χ4v) is 1.80. The maximum atomic E-state index is 5.14. The summed E-state index contributed by atoms with van der Waals surface area (Å²) < 4.78 is 7.13. The Labute approximate surface area is 114 Å². The number of hydrogen-bond acceptors (Lipinski definition) is 3. The Hall–Kier alpha value is -1.97. The van der Waals surface area contributed by atoms with Crippen molar-refractivity contribution in [3.05, 3.63) is 42.1 Å². The highest BCUT2D eigenvalue weighted by atomic mass is 16.5. The summed E-state index contributed by atoms with van der Waals surface area (Å²) in [4.78, 5) is 0. The molecule has 0 saturated heterocycles. The van der Waals surface area contributed by atoms with Crippen LogP contribution in [0.4, 0.5) is 5.82 Å². The van der Waals surface area contributed by atoms with E-state index in [1.165, 1.54) is 5.56 Å². The Morgan fingerprint density at radius 3 is 2.63 bits per heavy atom. The number of hydrogen-bond donors (Lipinski definition) is 1. The summed E-state index contributed by atoms with van der Waals surface area (Å²) in [5, 5.41) is 7.84. The molecule has 1 N–H and O–H groups in total. The van der Waals surface area contributed by atoms with Gasteiger partial charge >= 0.3 is 0 Å².